The van der Waals surface area contributed by atoms with Crippen LogP contribution in [-0.4, -0.2) is 27.9 Å². The van der Waals surface area contributed by atoms with Crippen LogP contribution in [0.4, 0.5) is 4.79 Å². The molecule has 2 N–H and O–H groups in total. The molecule has 0 aliphatic carbocycles. The molecule has 5 nitrogen and oxygen atoms in total. The zero-order chi connectivity index (χ0) is 13.8. The third-order valence-electron chi connectivity index (χ3n) is 2.68. The van der Waals surface area contributed by atoms with E-state index in [9.17, 15) is 4.79 Å². The molecule has 0 saturated heterocycles. The Balaban J connectivity index is 2.38. The lowest BCUT2D eigenvalue weighted by molar-refractivity contribution is 0.231. The molecule has 0 aliphatic rings. The second kappa shape index (κ2) is 5.89. The first-order chi connectivity index (χ1) is 8.33. The van der Waals surface area contributed by atoms with Crippen molar-refractivity contribution in [2.45, 2.75) is 53.1 Å². The Morgan fingerprint density at radius 2 is 2.11 bits per heavy atom. The Kier molecular flexibility index (Phi) is 4.76. The van der Waals surface area contributed by atoms with E-state index in [1.165, 1.54) is 11.3 Å². The maximum Gasteiger partial charge on any atom is 0.315 e. The molecule has 0 radical (unpaired) electrons. The van der Waals surface area contributed by atoms with E-state index in [0.717, 1.165) is 6.42 Å². The Hall–Kier alpha value is -1.52. The number of aryl methyl sites for hydroxylation is 1. The first kappa shape index (κ1) is 14.5. The smallest absolute Gasteiger partial charge is 0.315 e. The molecule has 0 aliphatic heterocycles. The molecule has 1 aromatic rings. The Morgan fingerprint density at radius 1 is 1.44 bits per heavy atom. The van der Waals surface area contributed by atoms with E-state index >= 15 is 0 Å². The van der Waals surface area contributed by atoms with Crippen molar-refractivity contribution >= 4 is 6.03 Å². The summed E-state index contributed by atoms with van der Waals surface area (Å²) in [5.41, 5.74) is 2.23. The van der Waals surface area contributed by atoms with Crippen molar-refractivity contribution in [2.24, 2.45) is 0 Å². The first-order valence-electron chi connectivity index (χ1n) is 6.41. The van der Waals surface area contributed by atoms with E-state index in [2.05, 4.69) is 29.6 Å². The van der Waals surface area contributed by atoms with Crippen molar-refractivity contribution < 1.29 is 4.79 Å². The highest BCUT2D eigenvalue weighted by molar-refractivity contribution is 5.74. The summed E-state index contributed by atoms with van der Waals surface area (Å²) in [7, 11) is 0. The summed E-state index contributed by atoms with van der Waals surface area (Å²) in [4.78, 5) is 11.5. The van der Waals surface area contributed by atoms with E-state index < -0.39 is 0 Å². The molecule has 2 amide bonds. The number of carbonyl (C=O) groups excluding carboxylic acids is 1. The molecule has 0 atom stereocenters. The molecule has 0 fully saturated rings. The molecule has 1 aromatic heterocycles. The van der Waals surface area contributed by atoms with E-state index in [-0.39, 0.29) is 11.6 Å². The van der Waals surface area contributed by atoms with Crippen LogP contribution < -0.4 is 10.6 Å². The van der Waals surface area contributed by atoms with Crippen molar-refractivity contribution in [1.29, 1.82) is 0 Å². The highest BCUT2D eigenvalue weighted by Gasteiger charge is 2.13. The standard InChI is InChI=1S/C13H24N4O/c1-6-11-9-15-17(10(11)2)8-7-14-12(18)16-13(3,4)5/h9H,6-8H2,1-5H3,(H2,14,16,18). The number of nitrogens with one attached hydrogen (secondary N) is 2. The van der Waals surface area contributed by atoms with E-state index in [0.29, 0.717) is 13.1 Å². The SMILES string of the molecule is CCc1cnn(CCNC(=O)NC(C)(C)C)c1C. The zero-order valence-electron chi connectivity index (χ0n) is 12.0. The monoisotopic (exact) mass is 252 g/mol. The van der Waals surface area contributed by atoms with Crippen LogP contribution in [-0.2, 0) is 13.0 Å². The van der Waals surface area contributed by atoms with Crippen LogP contribution >= 0.6 is 0 Å². The molecule has 1 heterocycles. The van der Waals surface area contributed by atoms with E-state index in [1.807, 2.05) is 31.6 Å². The average molecular weight is 252 g/mol. The molecule has 0 aromatic carbocycles. The Labute approximate surface area is 109 Å². The molecule has 5 heteroatoms. The summed E-state index contributed by atoms with van der Waals surface area (Å²) in [6.45, 7) is 11.3. The van der Waals surface area contributed by atoms with Gasteiger partial charge in [0.05, 0.1) is 12.7 Å². The van der Waals surface area contributed by atoms with Gasteiger partial charge in [-0.2, -0.15) is 5.10 Å². The van der Waals surface area contributed by atoms with Gasteiger partial charge in [-0.15, -0.1) is 0 Å². The summed E-state index contributed by atoms with van der Waals surface area (Å²) in [6, 6.07) is -0.136. The third-order valence-corrected chi connectivity index (χ3v) is 2.68. The second-order valence-electron chi connectivity index (χ2n) is 5.46. The van der Waals surface area contributed by atoms with Gasteiger partial charge in [0, 0.05) is 17.8 Å². The van der Waals surface area contributed by atoms with Gasteiger partial charge in [-0.25, -0.2) is 4.79 Å². The summed E-state index contributed by atoms with van der Waals surface area (Å²) < 4.78 is 1.93. The highest BCUT2D eigenvalue weighted by Crippen LogP contribution is 2.06. The van der Waals surface area contributed by atoms with Gasteiger partial charge < -0.3 is 10.6 Å². The molecular formula is C13H24N4O. The van der Waals surface area contributed by atoms with Crippen molar-refractivity contribution in [3.63, 3.8) is 0 Å². The van der Waals surface area contributed by atoms with Crippen LogP contribution in [0.25, 0.3) is 0 Å². The van der Waals surface area contributed by atoms with Gasteiger partial charge in [-0.3, -0.25) is 4.68 Å². The largest absolute Gasteiger partial charge is 0.336 e. The van der Waals surface area contributed by atoms with Crippen LogP contribution in [0.1, 0.15) is 39.0 Å². The van der Waals surface area contributed by atoms with Crippen molar-refractivity contribution in [3.05, 3.63) is 17.5 Å². The van der Waals surface area contributed by atoms with Gasteiger partial charge in [-0.1, -0.05) is 6.92 Å². The van der Waals surface area contributed by atoms with Gasteiger partial charge in [0.15, 0.2) is 0 Å². The van der Waals surface area contributed by atoms with Crippen LogP contribution in [0.15, 0.2) is 6.20 Å². The second-order valence-corrected chi connectivity index (χ2v) is 5.46. The fraction of sp³-hybridized carbons (Fsp3) is 0.692. The first-order valence-corrected chi connectivity index (χ1v) is 6.41. The molecule has 0 saturated carbocycles. The molecule has 18 heavy (non-hydrogen) atoms. The number of hydrogen-bond acceptors (Lipinski definition) is 2. The number of urea groups is 1. The predicted octanol–water partition coefficient (Wildman–Crippen LogP) is 1.85. The summed E-state index contributed by atoms with van der Waals surface area (Å²) in [6.07, 6.45) is 2.88. The molecule has 0 spiro atoms. The normalized spacial score (nSPS) is 11.4. The van der Waals surface area contributed by atoms with Gasteiger partial charge in [0.25, 0.3) is 0 Å². The third kappa shape index (κ3) is 4.39. The Morgan fingerprint density at radius 3 is 2.61 bits per heavy atom. The Bertz CT molecular complexity index is 404. The number of aromatic nitrogens is 2. The van der Waals surface area contributed by atoms with Crippen LogP contribution in [0.3, 0.4) is 0 Å². The molecule has 102 valence electrons. The number of amides is 2. The summed E-state index contributed by atoms with van der Waals surface area (Å²) in [5, 5.41) is 9.99. The maximum atomic E-state index is 11.5. The lowest BCUT2D eigenvalue weighted by Gasteiger charge is -2.20. The van der Waals surface area contributed by atoms with Gasteiger partial charge in [-0.05, 0) is 39.7 Å². The van der Waals surface area contributed by atoms with Gasteiger partial charge >= 0.3 is 6.03 Å². The number of hydrogen-bond donors (Lipinski definition) is 2. The summed E-state index contributed by atoms with van der Waals surface area (Å²) in [5.74, 6) is 0. The topological polar surface area (TPSA) is 59.0 Å². The van der Waals surface area contributed by atoms with Crippen LogP contribution in [0, 0.1) is 6.92 Å². The van der Waals surface area contributed by atoms with Gasteiger partial charge in [0.1, 0.15) is 0 Å². The van der Waals surface area contributed by atoms with Crippen molar-refractivity contribution in [2.75, 3.05) is 6.54 Å². The zero-order valence-corrected chi connectivity index (χ0v) is 12.0. The minimum absolute atomic E-state index is 0.136. The van der Waals surface area contributed by atoms with E-state index in [4.69, 9.17) is 0 Å². The number of rotatable bonds is 4. The number of carbonyl (C=O) groups is 1. The molecule has 1 rings (SSSR count). The fourth-order valence-corrected chi connectivity index (χ4v) is 1.72. The molecular weight excluding hydrogens is 228 g/mol. The average Bonchev–Trinajstić information content (AvgIpc) is 2.57. The maximum absolute atomic E-state index is 11.5. The minimum atomic E-state index is -0.207. The fourth-order valence-electron chi connectivity index (χ4n) is 1.72. The lowest BCUT2D eigenvalue weighted by atomic mass is 10.1. The quantitative estimate of drug-likeness (QED) is 0.859. The molecule has 0 unspecified atom stereocenters. The van der Waals surface area contributed by atoms with Gasteiger partial charge in [0.2, 0.25) is 0 Å². The lowest BCUT2D eigenvalue weighted by Crippen LogP contribution is -2.47. The predicted molar refractivity (Wildman–Crippen MR) is 72.6 cm³/mol. The minimum Gasteiger partial charge on any atom is -0.336 e. The number of nitrogens with zero attached hydrogens (tertiary/aromatic N) is 2. The van der Waals surface area contributed by atoms with Crippen LogP contribution in [0.2, 0.25) is 0 Å². The van der Waals surface area contributed by atoms with Crippen molar-refractivity contribution in [3.8, 4) is 0 Å². The molecule has 0 bridgehead atoms. The van der Waals surface area contributed by atoms with Crippen molar-refractivity contribution in [1.82, 2.24) is 20.4 Å². The van der Waals surface area contributed by atoms with E-state index in [1.54, 1.807) is 0 Å². The van der Waals surface area contributed by atoms with Crippen LogP contribution in [0.5, 0.6) is 0 Å². The summed E-state index contributed by atoms with van der Waals surface area (Å²) >= 11 is 0. The highest BCUT2D eigenvalue weighted by atomic mass is 16.2.